The van der Waals surface area contributed by atoms with Gasteiger partial charge in [-0.25, -0.2) is 4.98 Å². The van der Waals surface area contributed by atoms with Crippen LogP contribution in [0.5, 0.6) is 5.75 Å². The van der Waals surface area contributed by atoms with Crippen molar-refractivity contribution in [2.45, 2.75) is 20.0 Å². The molecular weight excluding hydrogens is 468 g/mol. The van der Waals surface area contributed by atoms with Gasteiger partial charge < -0.3 is 19.1 Å². The fraction of sp³-hybridized carbons (Fsp3) is 0.308. The molecule has 1 aliphatic carbocycles. The molecule has 0 amide bonds. The molecule has 6 rings (SSSR count). The van der Waals surface area contributed by atoms with E-state index in [9.17, 15) is 18.7 Å². The lowest BCUT2D eigenvalue weighted by Crippen LogP contribution is -2.26. The number of rotatable bonds is 7. The number of aromatic nitrogens is 4. The van der Waals surface area contributed by atoms with Crippen LogP contribution < -0.4 is 9.64 Å². The predicted molar refractivity (Wildman–Crippen MR) is 127 cm³/mol. The Morgan fingerprint density at radius 3 is 2.58 bits per heavy atom. The molecule has 0 spiro atoms. The van der Waals surface area contributed by atoms with Crippen LogP contribution in [0.25, 0.3) is 16.9 Å². The fourth-order valence-corrected chi connectivity index (χ4v) is 5.34. The smallest absolute Gasteiger partial charge is 0.387 e. The molecule has 184 valence electrons. The van der Waals surface area contributed by atoms with Crippen molar-refractivity contribution in [3.8, 4) is 17.0 Å². The zero-order valence-electron chi connectivity index (χ0n) is 19.4. The van der Waals surface area contributed by atoms with Gasteiger partial charge in [0, 0.05) is 42.5 Å². The molecular formula is C26H23F2N5O3. The molecule has 2 fully saturated rings. The molecule has 1 N–H and O–H groups in total. The molecule has 0 bridgehead atoms. The van der Waals surface area contributed by atoms with E-state index >= 15 is 0 Å². The molecule has 8 nitrogen and oxygen atoms in total. The van der Waals surface area contributed by atoms with Crippen LogP contribution in [-0.4, -0.2) is 50.4 Å². The highest BCUT2D eigenvalue weighted by Crippen LogP contribution is 2.52. The molecule has 2 aliphatic rings. The number of carboxylic acid groups (broad SMARTS) is 1. The van der Waals surface area contributed by atoms with Gasteiger partial charge in [-0.2, -0.15) is 8.78 Å². The second-order valence-corrected chi connectivity index (χ2v) is 9.33. The standard InChI is InChI=1S/C26H23F2N5O3/c1-14-20(10-15-4-2-3-5-21(15)36-26(27)28)33-11-16(6-8-22(33)29-14)19-7-9-23(31-30-19)32-12-17-18(13-32)24(17)25(34)35/h2-9,11,17-18,24,26H,10,12-13H2,1H3,(H,34,35)/t17-,18+,24?. The lowest BCUT2D eigenvalue weighted by Gasteiger charge is -2.19. The lowest BCUT2D eigenvalue weighted by molar-refractivity contribution is -0.139. The van der Waals surface area contributed by atoms with Gasteiger partial charge in [0.05, 0.1) is 17.3 Å². The van der Waals surface area contributed by atoms with E-state index in [1.165, 1.54) is 6.07 Å². The van der Waals surface area contributed by atoms with Crippen molar-refractivity contribution in [3.05, 3.63) is 71.7 Å². The van der Waals surface area contributed by atoms with Gasteiger partial charge in [0.1, 0.15) is 11.4 Å². The summed E-state index contributed by atoms with van der Waals surface area (Å²) in [5, 5.41) is 18.0. The van der Waals surface area contributed by atoms with Crippen molar-refractivity contribution in [2.24, 2.45) is 17.8 Å². The molecule has 4 heterocycles. The van der Waals surface area contributed by atoms with E-state index in [1.54, 1.807) is 18.2 Å². The Labute approximate surface area is 205 Å². The minimum Gasteiger partial charge on any atom is -0.481 e. The number of piperidine rings is 1. The average molecular weight is 491 g/mol. The van der Waals surface area contributed by atoms with E-state index in [-0.39, 0.29) is 23.5 Å². The number of anilines is 1. The van der Waals surface area contributed by atoms with Crippen molar-refractivity contribution < 1.29 is 23.4 Å². The second-order valence-electron chi connectivity index (χ2n) is 9.33. The van der Waals surface area contributed by atoms with Crippen molar-refractivity contribution >= 4 is 17.4 Å². The summed E-state index contributed by atoms with van der Waals surface area (Å²) in [6.07, 6.45) is 2.30. The highest BCUT2D eigenvalue weighted by atomic mass is 19.3. The molecule has 1 aromatic carbocycles. The Kier molecular flexibility index (Phi) is 5.31. The van der Waals surface area contributed by atoms with Crippen molar-refractivity contribution in [3.63, 3.8) is 0 Å². The van der Waals surface area contributed by atoms with Crippen molar-refractivity contribution in [1.29, 1.82) is 0 Å². The average Bonchev–Trinajstić information content (AvgIpc) is 3.21. The Morgan fingerprint density at radius 2 is 1.89 bits per heavy atom. The number of alkyl halides is 2. The number of imidazole rings is 1. The molecule has 10 heteroatoms. The molecule has 36 heavy (non-hydrogen) atoms. The predicted octanol–water partition coefficient (Wildman–Crippen LogP) is 4.06. The summed E-state index contributed by atoms with van der Waals surface area (Å²) in [6.45, 7) is 0.377. The minimum absolute atomic E-state index is 0.147. The van der Waals surface area contributed by atoms with E-state index in [1.807, 2.05) is 41.8 Å². The topological polar surface area (TPSA) is 92.9 Å². The van der Waals surface area contributed by atoms with E-state index < -0.39 is 12.6 Å². The van der Waals surface area contributed by atoms with Gasteiger partial charge >= 0.3 is 12.6 Å². The fourth-order valence-electron chi connectivity index (χ4n) is 5.34. The number of halogens is 2. The van der Waals surface area contributed by atoms with Gasteiger partial charge in [-0.15, -0.1) is 10.2 Å². The van der Waals surface area contributed by atoms with Crippen LogP contribution in [0.1, 0.15) is 17.0 Å². The van der Waals surface area contributed by atoms with Crippen LogP contribution in [0.2, 0.25) is 0 Å². The first-order valence-corrected chi connectivity index (χ1v) is 11.7. The number of carbonyl (C=O) groups is 1. The zero-order chi connectivity index (χ0) is 25.0. The SMILES string of the molecule is Cc1nc2ccc(-c3ccc(N4C[C@@H]5C(C(=O)O)[C@@H]5C4)nn3)cn2c1Cc1ccccc1OC(F)F. The number of aliphatic carboxylic acids is 1. The van der Waals surface area contributed by atoms with Crippen LogP contribution in [0.3, 0.4) is 0 Å². The van der Waals surface area contributed by atoms with E-state index in [0.29, 0.717) is 30.8 Å². The van der Waals surface area contributed by atoms with Crippen molar-refractivity contribution in [1.82, 2.24) is 19.6 Å². The van der Waals surface area contributed by atoms with Crippen LogP contribution >= 0.6 is 0 Å². The quantitative estimate of drug-likeness (QED) is 0.417. The van der Waals surface area contributed by atoms with Gasteiger partial charge in [-0.3, -0.25) is 4.79 Å². The summed E-state index contributed by atoms with van der Waals surface area (Å²) in [4.78, 5) is 17.9. The van der Waals surface area contributed by atoms with Gasteiger partial charge in [0.25, 0.3) is 0 Å². The minimum atomic E-state index is -2.90. The summed E-state index contributed by atoms with van der Waals surface area (Å²) in [5.74, 6) is 0.359. The third-order valence-corrected chi connectivity index (χ3v) is 7.21. The van der Waals surface area contributed by atoms with Gasteiger partial charge in [0.15, 0.2) is 5.82 Å². The number of fused-ring (bicyclic) bond motifs is 2. The first-order valence-electron chi connectivity index (χ1n) is 11.7. The number of hydrogen-bond acceptors (Lipinski definition) is 6. The summed E-state index contributed by atoms with van der Waals surface area (Å²) >= 11 is 0. The summed E-state index contributed by atoms with van der Waals surface area (Å²) in [6, 6.07) is 14.4. The molecule has 3 aromatic heterocycles. The summed E-state index contributed by atoms with van der Waals surface area (Å²) in [5.41, 5.74) is 4.58. The largest absolute Gasteiger partial charge is 0.481 e. The molecule has 1 aliphatic heterocycles. The third-order valence-electron chi connectivity index (χ3n) is 7.21. The molecule has 1 saturated heterocycles. The first kappa shape index (κ1) is 22.4. The van der Waals surface area contributed by atoms with Crippen LogP contribution in [0.15, 0.2) is 54.7 Å². The van der Waals surface area contributed by atoms with Gasteiger partial charge in [-0.05, 0) is 49.1 Å². The maximum Gasteiger partial charge on any atom is 0.387 e. The van der Waals surface area contributed by atoms with E-state index in [0.717, 1.165) is 28.4 Å². The number of pyridine rings is 1. The maximum absolute atomic E-state index is 12.9. The molecule has 0 radical (unpaired) electrons. The number of benzene rings is 1. The number of aryl methyl sites for hydroxylation is 1. The van der Waals surface area contributed by atoms with Crippen LogP contribution in [0, 0.1) is 24.7 Å². The lowest BCUT2D eigenvalue weighted by atomic mass is 10.1. The molecule has 1 saturated carbocycles. The Hall–Kier alpha value is -4.08. The maximum atomic E-state index is 12.9. The van der Waals surface area contributed by atoms with E-state index in [4.69, 9.17) is 4.74 Å². The Bertz CT molecular complexity index is 1440. The van der Waals surface area contributed by atoms with Gasteiger partial charge in [-0.1, -0.05) is 18.2 Å². The highest BCUT2D eigenvalue weighted by molar-refractivity contribution is 5.75. The Morgan fingerprint density at radius 1 is 1.11 bits per heavy atom. The number of hydrogen-bond donors (Lipinski definition) is 1. The summed E-state index contributed by atoms with van der Waals surface area (Å²) in [7, 11) is 0. The van der Waals surface area contributed by atoms with Crippen LogP contribution in [-0.2, 0) is 11.2 Å². The van der Waals surface area contributed by atoms with Crippen molar-refractivity contribution in [2.75, 3.05) is 18.0 Å². The van der Waals surface area contributed by atoms with Gasteiger partial charge in [0.2, 0.25) is 0 Å². The van der Waals surface area contributed by atoms with Crippen LogP contribution in [0.4, 0.5) is 14.6 Å². The zero-order valence-corrected chi connectivity index (χ0v) is 19.4. The molecule has 4 aromatic rings. The molecule has 3 atom stereocenters. The normalized spacial score (nSPS) is 20.7. The second kappa shape index (κ2) is 8.54. The monoisotopic (exact) mass is 491 g/mol. The number of carboxylic acids is 1. The third kappa shape index (κ3) is 3.92. The first-order chi connectivity index (χ1) is 17.4. The Balaban J connectivity index is 1.25. The number of ether oxygens (including phenoxy) is 1. The summed E-state index contributed by atoms with van der Waals surface area (Å²) < 4.78 is 32.4. The number of nitrogens with zero attached hydrogens (tertiary/aromatic N) is 5. The van der Waals surface area contributed by atoms with E-state index in [2.05, 4.69) is 20.1 Å². The highest BCUT2D eigenvalue weighted by Gasteiger charge is 2.60. The number of para-hydroxylation sites is 1. The molecule has 1 unspecified atom stereocenters.